The number of hydrogen-bond acceptors (Lipinski definition) is 2. The lowest BCUT2D eigenvalue weighted by Gasteiger charge is -2.45. The molecule has 2 heterocycles. The summed E-state index contributed by atoms with van der Waals surface area (Å²) in [5, 5.41) is 2.67. The summed E-state index contributed by atoms with van der Waals surface area (Å²) in [6.45, 7) is 14.2. The van der Waals surface area contributed by atoms with E-state index in [4.69, 9.17) is 0 Å². The van der Waals surface area contributed by atoms with Crippen molar-refractivity contribution in [3.8, 4) is 0 Å². The second kappa shape index (κ2) is 9.29. The molecule has 2 aliphatic heterocycles. The minimum absolute atomic E-state index is 0.164. The van der Waals surface area contributed by atoms with E-state index in [1.54, 1.807) is 0 Å². The van der Waals surface area contributed by atoms with Crippen LogP contribution in [0, 0.1) is 0 Å². The molecule has 0 aromatic heterocycles. The lowest BCUT2D eigenvalue weighted by atomic mass is 9.79. The lowest BCUT2D eigenvalue weighted by Crippen LogP contribution is -2.50. The first-order chi connectivity index (χ1) is 17.8. The number of rotatable bonds is 3. The molecule has 0 radical (unpaired) electrons. The Morgan fingerprint density at radius 3 is 2.11 bits per heavy atom. The largest absolute Gasteiger partial charge is 0.378 e. The van der Waals surface area contributed by atoms with Gasteiger partial charge in [0.15, 0.2) is 5.54 Å². The van der Waals surface area contributed by atoms with Crippen molar-refractivity contribution in [3.05, 3.63) is 93.5 Å². The Balaban J connectivity index is 1.78. The van der Waals surface area contributed by atoms with Crippen LogP contribution in [0.3, 0.4) is 0 Å². The molecule has 3 aromatic rings. The molecule has 38 heavy (non-hydrogen) atoms. The fourth-order valence-corrected chi connectivity index (χ4v) is 6.89. The molecule has 3 aromatic carbocycles. The van der Waals surface area contributed by atoms with Gasteiger partial charge in [-0.05, 0) is 110 Å². The van der Waals surface area contributed by atoms with Crippen molar-refractivity contribution in [2.75, 3.05) is 38.0 Å². The molecule has 5 rings (SSSR count). The van der Waals surface area contributed by atoms with E-state index in [0.717, 1.165) is 12.8 Å². The van der Waals surface area contributed by atoms with Gasteiger partial charge in [0.2, 0.25) is 5.36 Å². The van der Waals surface area contributed by atoms with Crippen LogP contribution < -0.4 is 25.0 Å². The Morgan fingerprint density at radius 2 is 1.45 bits per heavy atom. The van der Waals surface area contributed by atoms with Gasteiger partial charge in [0, 0.05) is 56.1 Å². The molecule has 200 valence electrons. The molecule has 0 amide bonds. The molecule has 0 saturated heterocycles. The van der Waals surface area contributed by atoms with E-state index in [0.29, 0.717) is 11.8 Å². The molecule has 2 atom stereocenters. The third kappa shape index (κ3) is 4.44. The maximum atomic E-state index is 2.47. The Bertz CT molecular complexity index is 1490. The Hall–Kier alpha value is -3.07. The van der Waals surface area contributed by atoms with Gasteiger partial charge in [0.1, 0.15) is 7.05 Å². The highest BCUT2D eigenvalue weighted by molar-refractivity contribution is 5.82. The van der Waals surface area contributed by atoms with Crippen LogP contribution in [0.2, 0.25) is 0 Å². The van der Waals surface area contributed by atoms with Gasteiger partial charge in [-0.15, -0.1) is 0 Å². The number of benzene rings is 3. The van der Waals surface area contributed by atoms with E-state index >= 15 is 0 Å². The first kappa shape index (κ1) is 26.5. The standard InChI is InChI=1S/C35H46N3/c1-23-21-34(3,4)37(9)31-17-13-26(19-29(23)31)33(25-11-15-28(16-12-25)36(7)8)27-14-18-32-30(20-27)24(2)22-35(5,6)38(32)10/h11-20,23-24H,21-22H2,1-10H3/q+1. The van der Waals surface area contributed by atoms with Gasteiger partial charge >= 0.3 is 0 Å². The van der Waals surface area contributed by atoms with Crippen molar-refractivity contribution in [2.45, 2.75) is 77.3 Å². The van der Waals surface area contributed by atoms with Crippen molar-refractivity contribution in [1.29, 1.82) is 0 Å². The van der Waals surface area contributed by atoms with Crippen LogP contribution in [0.15, 0.2) is 60.7 Å². The molecule has 0 N–H and O–H groups in total. The van der Waals surface area contributed by atoms with Gasteiger partial charge in [0.05, 0.1) is 0 Å². The van der Waals surface area contributed by atoms with Gasteiger partial charge in [-0.25, -0.2) is 4.58 Å². The van der Waals surface area contributed by atoms with Crippen molar-refractivity contribution in [2.24, 2.45) is 0 Å². The summed E-state index contributed by atoms with van der Waals surface area (Å²) in [5.74, 6) is 1.04. The van der Waals surface area contributed by atoms with Crippen LogP contribution in [0.1, 0.15) is 88.5 Å². The van der Waals surface area contributed by atoms with Crippen molar-refractivity contribution < 1.29 is 0 Å². The van der Waals surface area contributed by atoms with Crippen LogP contribution in [-0.2, 0) is 0 Å². The van der Waals surface area contributed by atoms with Gasteiger partial charge in [0.25, 0.3) is 0 Å². The summed E-state index contributed by atoms with van der Waals surface area (Å²) in [4.78, 5) is 4.63. The highest BCUT2D eigenvalue weighted by Crippen LogP contribution is 2.43. The van der Waals surface area contributed by atoms with Crippen LogP contribution in [0.4, 0.5) is 11.4 Å². The Labute approximate surface area is 230 Å². The SMILES string of the molecule is CC1CC(C)(C)N(C)c2ccc(C(c3ccc(N(C)C)cc3)=c3ccc4c(c3)C(C)CC(C)(C)[N+]=4C)cc21. The highest BCUT2D eigenvalue weighted by Gasteiger charge is 2.36. The first-order valence-corrected chi connectivity index (χ1v) is 14.2. The smallest absolute Gasteiger partial charge is 0.203 e. The van der Waals surface area contributed by atoms with Gasteiger partial charge in [-0.2, -0.15) is 0 Å². The van der Waals surface area contributed by atoms with Gasteiger partial charge in [-0.1, -0.05) is 32.0 Å². The molecule has 3 heteroatoms. The third-order valence-electron chi connectivity index (χ3n) is 9.52. The van der Waals surface area contributed by atoms with Crippen LogP contribution in [0.25, 0.3) is 5.57 Å². The summed E-state index contributed by atoms with van der Waals surface area (Å²) in [6.07, 6.45) is 2.32. The molecule has 0 spiro atoms. The van der Waals surface area contributed by atoms with Crippen LogP contribution in [-0.4, -0.2) is 39.3 Å². The Morgan fingerprint density at radius 1 is 0.816 bits per heavy atom. The molecule has 2 unspecified atom stereocenters. The fourth-order valence-electron chi connectivity index (χ4n) is 6.89. The molecular weight excluding hydrogens is 462 g/mol. The molecule has 0 aliphatic carbocycles. The quantitative estimate of drug-likeness (QED) is 0.394. The van der Waals surface area contributed by atoms with E-state index in [2.05, 4.69) is 145 Å². The second-order valence-electron chi connectivity index (χ2n) is 13.3. The van der Waals surface area contributed by atoms with E-state index in [-0.39, 0.29) is 11.1 Å². The van der Waals surface area contributed by atoms with E-state index in [1.165, 1.54) is 49.8 Å². The van der Waals surface area contributed by atoms with Gasteiger partial charge in [-0.3, -0.25) is 0 Å². The molecule has 0 bridgehead atoms. The van der Waals surface area contributed by atoms with E-state index in [1.807, 2.05) is 0 Å². The minimum Gasteiger partial charge on any atom is -0.378 e. The number of hydrogen-bond donors (Lipinski definition) is 0. The molecular formula is C35H46N3+. The van der Waals surface area contributed by atoms with Crippen LogP contribution in [0.5, 0.6) is 0 Å². The number of fused-ring (bicyclic) bond motifs is 2. The third-order valence-corrected chi connectivity index (χ3v) is 9.52. The highest BCUT2D eigenvalue weighted by atomic mass is 15.2. The van der Waals surface area contributed by atoms with Gasteiger partial charge < -0.3 is 9.80 Å². The second-order valence-corrected chi connectivity index (χ2v) is 13.3. The maximum Gasteiger partial charge on any atom is 0.203 e. The van der Waals surface area contributed by atoms with Crippen molar-refractivity contribution >= 4 is 16.9 Å². The first-order valence-electron chi connectivity index (χ1n) is 14.2. The van der Waals surface area contributed by atoms with Crippen molar-refractivity contribution in [3.63, 3.8) is 0 Å². The monoisotopic (exact) mass is 508 g/mol. The van der Waals surface area contributed by atoms with E-state index < -0.39 is 0 Å². The topological polar surface area (TPSA) is 9.49 Å². The molecule has 0 saturated carbocycles. The molecule has 3 nitrogen and oxygen atoms in total. The fraction of sp³-hybridized carbons (Fsp3) is 0.457. The van der Waals surface area contributed by atoms with Crippen molar-refractivity contribution in [1.82, 2.24) is 4.58 Å². The Kier molecular flexibility index (Phi) is 6.49. The summed E-state index contributed by atoms with van der Waals surface area (Å²) in [6, 6.07) is 23.4. The number of anilines is 2. The predicted molar refractivity (Wildman–Crippen MR) is 164 cm³/mol. The summed E-state index contributed by atoms with van der Waals surface area (Å²) >= 11 is 0. The summed E-state index contributed by atoms with van der Waals surface area (Å²) in [5.41, 5.74) is 9.72. The zero-order valence-electron chi connectivity index (χ0n) is 25.2. The normalized spacial score (nSPS) is 22.5. The zero-order valence-corrected chi connectivity index (χ0v) is 25.2. The summed E-state index contributed by atoms with van der Waals surface area (Å²) in [7, 11) is 8.70. The average molecular weight is 509 g/mol. The summed E-state index contributed by atoms with van der Waals surface area (Å²) < 4.78 is 2.47. The maximum absolute atomic E-state index is 2.47. The zero-order chi connectivity index (χ0) is 27.6. The van der Waals surface area contributed by atoms with Crippen LogP contribution >= 0.6 is 0 Å². The van der Waals surface area contributed by atoms with E-state index in [9.17, 15) is 0 Å². The lowest BCUT2D eigenvalue weighted by molar-refractivity contribution is 0.293. The average Bonchev–Trinajstić information content (AvgIpc) is 2.86. The predicted octanol–water partition coefficient (Wildman–Crippen LogP) is 6.13. The molecule has 2 aliphatic rings. The molecule has 0 fully saturated rings. The number of nitrogens with zero attached hydrogens (tertiary/aromatic N) is 3. The minimum atomic E-state index is 0.164.